The van der Waals surface area contributed by atoms with Crippen LogP contribution in [0.4, 0.5) is 0 Å². The number of carbonyl (C=O) groups excluding carboxylic acids is 1. The highest BCUT2D eigenvalue weighted by Gasteiger charge is 2.11. The Bertz CT molecular complexity index is 440. The van der Waals surface area contributed by atoms with E-state index in [4.69, 9.17) is 9.84 Å². The maximum absolute atomic E-state index is 11.9. The molecule has 0 aromatic carbocycles. The molecule has 0 fully saturated rings. The summed E-state index contributed by atoms with van der Waals surface area (Å²) in [6.07, 6.45) is 2.57. The van der Waals surface area contributed by atoms with Gasteiger partial charge in [-0.2, -0.15) is 0 Å². The number of aromatic nitrogens is 1. The van der Waals surface area contributed by atoms with E-state index in [1.165, 1.54) is 4.57 Å². The highest BCUT2D eigenvalue weighted by atomic mass is 16.5. The number of aliphatic carboxylic acids is 1. The minimum absolute atomic E-state index is 0.222. The lowest BCUT2D eigenvalue weighted by atomic mass is 10.1. The smallest absolute Gasteiger partial charge is 0.323 e. The molecule has 0 spiro atoms. The van der Waals surface area contributed by atoms with Crippen LogP contribution in [0.2, 0.25) is 0 Å². The Labute approximate surface area is 118 Å². The minimum Gasteiger partial charge on any atom is -0.480 e. The van der Waals surface area contributed by atoms with Crippen molar-refractivity contribution in [2.75, 3.05) is 19.8 Å². The van der Waals surface area contributed by atoms with Gasteiger partial charge in [0.1, 0.15) is 12.2 Å². The Hall–Kier alpha value is -1.82. The van der Waals surface area contributed by atoms with Crippen LogP contribution in [0.3, 0.4) is 0 Å². The lowest BCUT2D eigenvalue weighted by Crippen LogP contribution is -2.29. The molecule has 0 bridgehead atoms. The second-order valence-electron chi connectivity index (χ2n) is 4.97. The molecule has 0 atom stereocenters. The summed E-state index contributed by atoms with van der Waals surface area (Å²) >= 11 is 0. The zero-order valence-electron chi connectivity index (χ0n) is 12.0. The van der Waals surface area contributed by atoms with Crippen molar-refractivity contribution < 1.29 is 19.4 Å². The maximum atomic E-state index is 11.9. The van der Waals surface area contributed by atoms with Crippen molar-refractivity contribution >= 4 is 11.9 Å². The van der Waals surface area contributed by atoms with Gasteiger partial charge in [0.2, 0.25) is 0 Å². The van der Waals surface area contributed by atoms with Gasteiger partial charge < -0.3 is 19.7 Å². The van der Waals surface area contributed by atoms with Gasteiger partial charge in [-0.15, -0.1) is 0 Å². The highest BCUT2D eigenvalue weighted by Crippen LogP contribution is 2.02. The van der Waals surface area contributed by atoms with Crippen LogP contribution in [-0.2, 0) is 16.1 Å². The number of ether oxygens (including phenoxy) is 1. The van der Waals surface area contributed by atoms with Crippen LogP contribution >= 0.6 is 0 Å². The van der Waals surface area contributed by atoms with Crippen LogP contribution in [0.1, 0.15) is 30.8 Å². The summed E-state index contributed by atoms with van der Waals surface area (Å²) in [5.74, 6) is -0.667. The fraction of sp³-hybridized carbons (Fsp3) is 0.571. The third kappa shape index (κ3) is 5.88. The molecule has 1 aromatic heterocycles. The molecule has 0 saturated heterocycles. The third-order valence-electron chi connectivity index (χ3n) is 2.74. The van der Waals surface area contributed by atoms with E-state index in [1.54, 1.807) is 18.3 Å². The molecule has 20 heavy (non-hydrogen) atoms. The van der Waals surface area contributed by atoms with E-state index in [0.29, 0.717) is 31.4 Å². The van der Waals surface area contributed by atoms with Gasteiger partial charge in [-0.25, -0.2) is 0 Å². The fourth-order valence-electron chi connectivity index (χ4n) is 1.65. The van der Waals surface area contributed by atoms with Gasteiger partial charge in [-0.3, -0.25) is 9.59 Å². The monoisotopic (exact) mass is 282 g/mol. The first kappa shape index (κ1) is 16.2. The second-order valence-corrected chi connectivity index (χ2v) is 4.97. The number of carboxylic acid groups (broad SMARTS) is 1. The molecule has 0 saturated carbocycles. The Morgan fingerprint density at radius 3 is 2.80 bits per heavy atom. The van der Waals surface area contributed by atoms with E-state index in [0.717, 1.165) is 6.42 Å². The van der Waals surface area contributed by atoms with Crippen molar-refractivity contribution in [2.24, 2.45) is 5.92 Å². The Morgan fingerprint density at radius 1 is 1.40 bits per heavy atom. The molecular formula is C14H22N2O4. The summed E-state index contributed by atoms with van der Waals surface area (Å²) in [7, 11) is 0. The van der Waals surface area contributed by atoms with Crippen LogP contribution in [-0.4, -0.2) is 41.3 Å². The summed E-state index contributed by atoms with van der Waals surface area (Å²) in [5, 5.41) is 11.4. The van der Waals surface area contributed by atoms with Gasteiger partial charge in [-0.1, -0.05) is 13.8 Å². The van der Waals surface area contributed by atoms with Crippen molar-refractivity contribution in [3.63, 3.8) is 0 Å². The van der Waals surface area contributed by atoms with Gasteiger partial charge in [0.15, 0.2) is 0 Å². The topological polar surface area (TPSA) is 80.6 Å². The van der Waals surface area contributed by atoms with Gasteiger partial charge in [0.05, 0.1) is 6.61 Å². The third-order valence-corrected chi connectivity index (χ3v) is 2.74. The van der Waals surface area contributed by atoms with E-state index < -0.39 is 5.97 Å². The molecule has 112 valence electrons. The zero-order chi connectivity index (χ0) is 15.0. The normalized spacial score (nSPS) is 10.8. The first-order valence-corrected chi connectivity index (χ1v) is 6.73. The second kappa shape index (κ2) is 8.37. The number of hydrogen-bond donors (Lipinski definition) is 2. The van der Waals surface area contributed by atoms with Crippen LogP contribution in [0.5, 0.6) is 0 Å². The van der Waals surface area contributed by atoms with E-state index >= 15 is 0 Å². The Morgan fingerprint density at radius 2 is 2.15 bits per heavy atom. The fourth-order valence-corrected chi connectivity index (χ4v) is 1.65. The Balaban J connectivity index is 2.29. The van der Waals surface area contributed by atoms with Crippen LogP contribution in [0, 0.1) is 5.92 Å². The van der Waals surface area contributed by atoms with Crippen molar-refractivity contribution in [1.29, 1.82) is 0 Å². The highest BCUT2D eigenvalue weighted by molar-refractivity contribution is 5.93. The van der Waals surface area contributed by atoms with Gasteiger partial charge in [0.25, 0.3) is 5.91 Å². The predicted octanol–water partition coefficient (Wildman–Crippen LogP) is 1.37. The lowest BCUT2D eigenvalue weighted by Gasteiger charge is -2.09. The van der Waals surface area contributed by atoms with E-state index in [9.17, 15) is 9.59 Å². The molecular weight excluding hydrogens is 260 g/mol. The molecule has 6 nitrogen and oxygen atoms in total. The molecule has 6 heteroatoms. The molecule has 1 amide bonds. The van der Waals surface area contributed by atoms with Gasteiger partial charge in [-0.05, 0) is 24.5 Å². The first-order chi connectivity index (χ1) is 9.50. The zero-order valence-corrected chi connectivity index (χ0v) is 12.0. The molecule has 1 aromatic rings. The quantitative estimate of drug-likeness (QED) is 0.670. The summed E-state index contributed by atoms with van der Waals surface area (Å²) in [4.78, 5) is 22.5. The number of nitrogens with one attached hydrogen (secondary N) is 1. The first-order valence-electron chi connectivity index (χ1n) is 6.73. The van der Waals surface area contributed by atoms with E-state index in [1.807, 2.05) is 0 Å². The van der Waals surface area contributed by atoms with Crippen molar-refractivity contribution in [1.82, 2.24) is 9.88 Å². The molecule has 1 heterocycles. The van der Waals surface area contributed by atoms with Gasteiger partial charge in [0, 0.05) is 19.3 Å². The SMILES string of the molecule is CC(C)CCOCCNC(=O)c1cccn1CC(=O)O. The largest absolute Gasteiger partial charge is 0.480 e. The number of nitrogens with zero attached hydrogens (tertiary/aromatic N) is 1. The summed E-state index contributed by atoms with van der Waals surface area (Å²) < 4.78 is 6.79. The number of rotatable bonds is 9. The minimum atomic E-state index is -0.979. The van der Waals surface area contributed by atoms with Crippen molar-refractivity contribution in [3.8, 4) is 0 Å². The van der Waals surface area contributed by atoms with E-state index in [-0.39, 0.29) is 12.5 Å². The molecule has 0 aliphatic carbocycles. The molecule has 0 radical (unpaired) electrons. The van der Waals surface area contributed by atoms with Crippen LogP contribution in [0.15, 0.2) is 18.3 Å². The summed E-state index contributed by atoms with van der Waals surface area (Å²) in [6, 6.07) is 3.24. The Kier molecular flexibility index (Phi) is 6.79. The van der Waals surface area contributed by atoms with Crippen molar-refractivity contribution in [3.05, 3.63) is 24.0 Å². The molecule has 0 aliphatic heterocycles. The van der Waals surface area contributed by atoms with Crippen LogP contribution in [0.25, 0.3) is 0 Å². The summed E-state index contributed by atoms with van der Waals surface area (Å²) in [6.45, 7) is 5.58. The average molecular weight is 282 g/mol. The lowest BCUT2D eigenvalue weighted by molar-refractivity contribution is -0.137. The van der Waals surface area contributed by atoms with E-state index in [2.05, 4.69) is 19.2 Å². The standard InChI is InChI=1S/C14H22N2O4/c1-11(2)5-8-20-9-6-15-14(19)12-4-3-7-16(12)10-13(17)18/h3-4,7,11H,5-6,8-10H2,1-2H3,(H,15,19)(H,17,18). The maximum Gasteiger partial charge on any atom is 0.323 e. The summed E-state index contributed by atoms with van der Waals surface area (Å²) in [5.41, 5.74) is 0.342. The average Bonchev–Trinajstić information content (AvgIpc) is 2.80. The number of carbonyl (C=O) groups is 2. The molecule has 2 N–H and O–H groups in total. The molecule has 1 rings (SSSR count). The number of amides is 1. The predicted molar refractivity (Wildman–Crippen MR) is 74.7 cm³/mol. The van der Waals surface area contributed by atoms with Gasteiger partial charge >= 0.3 is 5.97 Å². The molecule has 0 unspecified atom stereocenters. The number of carboxylic acids is 1. The van der Waals surface area contributed by atoms with Crippen molar-refractivity contribution in [2.45, 2.75) is 26.8 Å². The van der Waals surface area contributed by atoms with Crippen LogP contribution < -0.4 is 5.32 Å². The number of hydrogen-bond acceptors (Lipinski definition) is 3. The molecule has 0 aliphatic rings.